The molecule has 0 aliphatic rings. The van der Waals surface area contributed by atoms with Crippen molar-refractivity contribution < 1.29 is 9.53 Å². The summed E-state index contributed by atoms with van der Waals surface area (Å²) in [4.78, 5) is 13.5. The SMILES string of the molecule is CCOC(=O)Nc1cnn(CCN(CC)CC)c1. The molecule has 1 amide bonds. The lowest BCUT2D eigenvalue weighted by molar-refractivity contribution is 0.168. The van der Waals surface area contributed by atoms with Crippen LogP contribution in [0.1, 0.15) is 20.8 Å². The Morgan fingerprint density at radius 2 is 2.17 bits per heavy atom. The summed E-state index contributed by atoms with van der Waals surface area (Å²) in [6.07, 6.45) is 2.99. The van der Waals surface area contributed by atoms with E-state index in [9.17, 15) is 4.79 Å². The van der Waals surface area contributed by atoms with Crippen molar-refractivity contribution in [1.29, 1.82) is 0 Å². The van der Waals surface area contributed by atoms with E-state index in [0.717, 1.165) is 26.2 Å². The first-order chi connectivity index (χ1) is 8.69. The second-order valence-corrected chi connectivity index (χ2v) is 3.86. The standard InChI is InChI=1S/C12H22N4O2/c1-4-15(5-2)7-8-16-10-11(9-13-16)14-12(17)18-6-3/h9-10H,4-8H2,1-3H3,(H,14,17). The number of hydrogen-bond donors (Lipinski definition) is 1. The van der Waals surface area contributed by atoms with Gasteiger partial charge in [0.05, 0.1) is 25.0 Å². The van der Waals surface area contributed by atoms with E-state index in [1.54, 1.807) is 19.3 Å². The topological polar surface area (TPSA) is 59.4 Å². The fourth-order valence-electron chi connectivity index (χ4n) is 1.62. The van der Waals surface area contributed by atoms with E-state index in [2.05, 4.69) is 29.2 Å². The third-order valence-corrected chi connectivity index (χ3v) is 2.69. The molecule has 0 fully saturated rings. The normalized spacial score (nSPS) is 10.7. The fraction of sp³-hybridized carbons (Fsp3) is 0.667. The molecule has 0 atom stereocenters. The summed E-state index contributed by atoms with van der Waals surface area (Å²) >= 11 is 0. The minimum Gasteiger partial charge on any atom is -0.450 e. The molecule has 0 aromatic carbocycles. The van der Waals surface area contributed by atoms with Gasteiger partial charge >= 0.3 is 6.09 Å². The predicted molar refractivity (Wildman–Crippen MR) is 70.7 cm³/mol. The van der Waals surface area contributed by atoms with Crippen LogP contribution >= 0.6 is 0 Å². The number of ether oxygens (including phenoxy) is 1. The molecule has 0 saturated carbocycles. The van der Waals surface area contributed by atoms with Crippen LogP contribution in [-0.2, 0) is 11.3 Å². The Balaban J connectivity index is 2.40. The summed E-state index contributed by atoms with van der Waals surface area (Å²) in [5.41, 5.74) is 0.660. The van der Waals surface area contributed by atoms with Gasteiger partial charge in [-0.25, -0.2) is 4.79 Å². The third-order valence-electron chi connectivity index (χ3n) is 2.69. The van der Waals surface area contributed by atoms with E-state index in [4.69, 9.17) is 4.74 Å². The maximum atomic E-state index is 11.2. The average Bonchev–Trinajstić information content (AvgIpc) is 2.78. The smallest absolute Gasteiger partial charge is 0.411 e. The Morgan fingerprint density at radius 3 is 2.78 bits per heavy atom. The van der Waals surface area contributed by atoms with E-state index in [1.807, 2.05) is 4.68 Å². The largest absolute Gasteiger partial charge is 0.450 e. The highest BCUT2D eigenvalue weighted by atomic mass is 16.5. The number of anilines is 1. The van der Waals surface area contributed by atoms with E-state index < -0.39 is 6.09 Å². The number of rotatable bonds is 7. The lowest BCUT2D eigenvalue weighted by Crippen LogP contribution is -2.27. The average molecular weight is 254 g/mol. The quantitative estimate of drug-likeness (QED) is 0.806. The zero-order valence-electron chi connectivity index (χ0n) is 11.3. The second kappa shape index (κ2) is 7.71. The number of hydrogen-bond acceptors (Lipinski definition) is 4. The van der Waals surface area contributed by atoms with Crippen molar-refractivity contribution in [2.24, 2.45) is 0 Å². The van der Waals surface area contributed by atoms with Gasteiger partial charge in [-0.2, -0.15) is 5.10 Å². The van der Waals surface area contributed by atoms with Gasteiger partial charge in [0.15, 0.2) is 0 Å². The van der Waals surface area contributed by atoms with Gasteiger partial charge in [0, 0.05) is 12.7 Å². The van der Waals surface area contributed by atoms with Gasteiger partial charge in [0.25, 0.3) is 0 Å². The number of carbonyl (C=O) groups is 1. The molecule has 6 heteroatoms. The third kappa shape index (κ3) is 4.75. The van der Waals surface area contributed by atoms with Crippen LogP contribution in [0.4, 0.5) is 10.5 Å². The maximum absolute atomic E-state index is 11.2. The predicted octanol–water partition coefficient (Wildman–Crippen LogP) is 1.79. The van der Waals surface area contributed by atoms with Crippen LogP contribution in [0.2, 0.25) is 0 Å². The lowest BCUT2D eigenvalue weighted by Gasteiger charge is -2.17. The highest BCUT2D eigenvalue weighted by Gasteiger charge is 2.05. The van der Waals surface area contributed by atoms with Crippen molar-refractivity contribution in [3.05, 3.63) is 12.4 Å². The summed E-state index contributed by atoms with van der Waals surface area (Å²) in [5.74, 6) is 0. The van der Waals surface area contributed by atoms with Crippen molar-refractivity contribution in [2.45, 2.75) is 27.3 Å². The summed E-state index contributed by atoms with van der Waals surface area (Å²) in [7, 11) is 0. The van der Waals surface area contributed by atoms with Crippen LogP contribution in [0.15, 0.2) is 12.4 Å². The molecule has 1 aromatic rings. The molecule has 1 rings (SSSR count). The second-order valence-electron chi connectivity index (χ2n) is 3.86. The molecule has 1 N–H and O–H groups in total. The molecule has 0 unspecified atom stereocenters. The van der Waals surface area contributed by atoms with Gasteiger partial charge in [-0.1, -0.05) is 13.8 Å². The van der Waals surface area contributed by atoms with E-state index in [-0.39, 0.29) is 0 Å². The van der Waals surface area contributed by atoms with Gasteiger partial charge in [-0.05, 0) is 20.0 Å². The molecule has 1 heterocycles. The molecule has 0 aliphatic heterocycles. The molecule has 0 spiro atoms. The van der Waals surface area contributed by atoms with E-state index >= 15 is 0 Å². The van der Waals surface area contributed by atoms with Crippen molar-refractivity contribution in [1.82, 2.24) is 14.7 Å². The van der Waals surface area contributed by atoms with Crippen LogP contribution in [0, 0.1) is 0 Å². The van der Waals surface area contributed by atoms with Gasteiger partial charge in [-0.15, -0.1) is 0 Å². The molecule has 0 aliphatic carbocycles. The number of aromatic nitrogens is 2. The molecule has 0 bridgehead atoms. The Labute approximate surface area is 108 Å². The number of carbonyl (C=O) groups excluding carboxylic acids is 1. The highest BCUT2D eigenvalue weighted by Crippen LogP contribution is 2.05. The fourth-order valence-corrected chi connectivity index (χ4v) is 1.62. The monoisotopic (exact) mass is 254 g/mol. The Kier molecular flexibility index (Phi) is 6.21. The van der Waals surface area contributed by atoms with Crippen molar-refractivity contribution in [3.63, 3.8) is 0 Å². The summed E-state index contributed by atoms with van der Waals surface area (Å²) in [5, 5.41) is 6.81. The molecule has 0 saturated heterocycles. The van der Waals surface area contributed by atoms with Crippen molar-refractivity contribution in [2.75, 3.05) is 31.6 Å². The zero-order valence-corrected chi connectivity index (χ0v) is 11.3. The molecule has 1 aromatic heterocycles. The summed E-state index contributed by atoms with van der Waals surface area (Å²) in [6.45, 7) is 10.2. The van der Waals surface area contributed by atoms with Gasteiger partial charge in [0.1, 0.15) is 0 Å². The number of nitrogens with zero attached hydrogens (tertiary/aromatic N) is 3. The first-order valence-corrected chi connectivity index (χ1v) is 6.38. The minimum absolute atomic E-state index is 0.363. The first kappa shape index (κ1) is 14.5. The van der Waals surface area contributed by atoms with Gasteiger partial charge in [-0.3, -0.25) is 10.00 Å². The summed E-state index contributed by atoms with van der Waals surface area (Å²) in [6, 6.07) is 0. The van der Waals surface area contributed by atoms with E-state index in [1.165, 1.54) is 0 Å². The number of amides is 1. The highest BCUT2D eigenvalue weighted by molar-refractivity contribution is 5.84. The lowest BCUT2D eigenvalue weighted by atomic mass is 10.4. The Morgan fingerprint density at radius 1 is 1.44 bits per heavy atom. The Bertz CT molecular complexity index is 361. The first-order valence-electron chi connectivity index (χ1n) is 6.38. The number of likely N-dealkylation sites (N-methyl/N-ethyl adjacent to an activating group) is 1. The van der Waals surface area contributed by atoms with Crippen LogP contribution in [-0.4, -0.2) is 47.0 Å². The molecular weight excluding hydrogens is 232 g/mol. The molecular formula is C12H22N4O2. The van der Waals surface area contributed by atoms with E-state index in [0.29, 0.717) is 12.3 Å². The number of nitrogens with one attached hydrogen (secondary N) is 1. The Hall–Kier alpha value is -1.56. The van der Waals surface area contributed by atoms with Crippen LogP contribution < -0.4 is 5.32 Å². The van der Waals surface area contributed by atoms with Gasteiger partial charge < -0.3 is 9.64 Å². The summed E-state index contributed by atoms with van der Waals surface area (Å²) < 4.78 is 6.61. The van der Waals surface area contributed by atoms with Crippen LogP contribution in [0.5, 0.6) is 0 Å². The van der Waals surface area contributed by atoms with Crippen LogP contribution in [0.25, 0.3) is 0 Å². The maximum Gasteiger partial charge on any atom is 0.411 e. The van der Waals surface area contributed by atoms with Crippen molar-refractivity contribution >= 4 is 11.8 Å². The minimum atomic E-state index is -0.444. The molecule has 102 valence electrons. The van der Waals surface area contributed by atoms with Gasteiger partial charge in [0.2, 0.25) is 0 Å². The molecule has 6 nitrogen and oxygen atoms in total. The zero-order chi connectivity index (χ0) is 13.4. The van der Waals surface area contributed by atoms with Crippen LogP contribution in [0.3, 0.4) is 0 Å². The van der Waals surface area contributed by atoms with Crippen molar-refractivity contribution in [3.8, 4) is 0 Å². The molecule has 0 radical (unpaired) electrons. The molecule has 18 heavy (non-hydrogen) atoms.